The van der Waals surface area contributed by atoms with Crippen LogP contribution in [-0.2, 0) is 0 Å². The molecule has 0 unspecified atom stereocenters. The minimum atomic E-state index is 0.586. The molecule has 2 aromatic heterocycles. The van der Waals surface area contributed by atoms with Gasteiger partial charge in [-0.3, -0.25) is 0 Å². The Hall–Kier alpha value is -1.36. The summed E-state index contributed by atoms with van der Waals surface area (Å²) in [5.74, 6) is 1.21. The average molecular weight is 195 g/mol. The fourth-order valence-electron chi connectivity index (χ4n) is 1.09. The SMILES string of the molecule is CNc1nc(OC)c2sccc2n1. The van der Waals surface area contributed by atoms with Crippen LogP contribution in [0.15, 0.2) is 11.4 Å². The average Bonchev–Trinajstić information content (AvgIpc) is 2.63. The maximum atomic E-state index is 5.15. The molecule has 0 fully saturated rings. The molecule has 0 radical (unpaired) electrons. The summed E-state index contributed by atoms with van der Waals surface area (Å²) in [6, 6.07) is 1.95. The molecule has 0 saturated carbocycles. The first-order valence-corrected chi connectivity index (χ1v) is 4.70. The summed E-state index contributed by atoms with van der Waals surface area (Å²) in [6.07, 6.45) is 0. The van der Waals surface area contributed by atoms with Gasteiger partial charge in [-0.25, -0.2) is 4.98 Å². The highest BCUT2D eigenvalue weighted by Crippen LogP contribution is 2.28. The van der Waals surface area contributed by atoms with E-state index in [1.54, 1.807) is 25.5 Å². The van der Waals surface area contributed by atoms with E-state index in [1.165, 1.54) is 0 Å². The van der Waals surface area contributed by atoms with Gasteiger partial charge in [0.25, 0.3) is 0 Å². The van der Waals surface area contributed by atoms with Crippen LogP contribution >= 0.6 is 11.3 Å². The van der Waals surface area contributed by atoms with Gasteiger partial charge in [0, 0.05) is 7.05 Å². The van der Waals surface area contributed by atoms with Gasteiger partial charge < -0.3 is 10.1 Å². The van der Waals surface area contributed by atoms with Crippen LogP contribution in [0.4, 0.5) is 5.95 Å². The van der Waals surface area contributed by atoms with Crippen molar-refractivity contribution in [2.75, 3.05) is 19.5 Å². The Morgan fingerprint density at radius 3 is 3.00 bits per heavy atom. The van der Waals surface area contributed by atoms with Crippen LogP contribution in [0.25, 0.3) is 10.2 Å². The van der Waals surface area contributed by atoms with E-state index in [-0.39, 0.29) is 0 Å². The number of methoxy groups -OCH3 is 1. The summed E-state index contributed by atoms with van der Waals surface area (Å²) in [5, 5.41) is 4.86. The fraction of sp³-hybridized carbons (Fsp3) is 0.250. The van der Waals surface area contributed by atoms with Crippen LogP contribution in [0.5, 0.6) is 5.88 Å². The number of hydrogen-bond donors (Lipinski definition) is 1. The monoisotopic (exact) mass is 195 g/mol. The van der Waals surface area contributed by atoms with E-state index in [9.17, 15) is 0 Å². The number of fused-ring (bicyclic) bond motifs is 1. The van der Waals surface area contributed by atoms with Crippen molar-refractivity contribution >= 4 is 27.5 Å². The third-order valence-corrected chi connectivity index (χ3v) is 2.58. The predicted molar refractivity (Wildman–Crippen MR) is 53.5 cm³/mol. The van der Waals surface area contributed by atoms with E-state index in [0.717, 1.165) is 10.2 Å². The number of aromatic nitrogens is 2. The van der Waals surface area contributed by atoms with Crippen molar-refractivity contribution in [3.8, 4) is 5.88 Å². The van der Waals surface area contributed by atoms with Gasteiger partial charge in [0.15, 0.2) is 0 Å². The molecule has 0 bridgehead atoms. The highest BCUT2D eigenvalue weighted by atomic mass is 32.1. The minimum absolute atomic E-state index is 0.586. The molecule has 0 aliphatic carbocycles. The number of anilines is 1. The number of nitrogens with one attached hydrogen (secondary N) is 1. The van der Waals surface area contributed by atoms with Gasteiger partial charge in [-0.2, -0.15) is 4.98 Å². The lowest BCUT2D eigenvalue weighted by Crippen LogP contribution is -1.98. The first kappa shape index (κ1) is 8.25. The Kier molecular flexibility index (Phi) is 2.02. The van der Waals surface area contributed by atoms with Crippen LogP contribution in [0.2, 0.25) is 0 Å². The second kappa shape index (κ2) is 3.18. The zero-order chi connectivity index (χ0) is 9.26. The highest BCUT2D eigenvalue weighted by Gasteiger charge is 2.07. The lowest BCUT2D eigenvalue weighted by atomic mass is 10.4. The topological polar surface area (TPSA) is 47.0 Å². The van der Waals surface area contributed by atoms with E-state index in [0.29, 0.717) is 11.8 Å². The number of rotatable bonds is 2. The third kappa shape index (κ3) is 1.31. The van der Waals surface area contributed by atoms with Crippen LogP contribution in [0.3, 0.4) is 0 Å². The van der Waals surface area contributed by atoms with E-state index < -0.39 is 0 Å². The van der Waals surface area contributed by atoms with Gasteiger partial charge >= 0.3 is 0 Å². The van der Waals surface area contributed by atoms with Crippen LogP contribution in [0, 0.1) is 0 Å². The normalized spacial score (nSPS) is 10.3. The third-order valence-electron chi connectivity index (χ3n) is 1.69. The molecule has 5 heteroatoms. The van der Waals surface area contributed by atoms with Gasteiger partial charge in [0.1, 0.15) is 4.70 Å². The van der Waals surface area contributed by atoms with Crippen molar-refractivity contribution in [3.63, 3.8) is 0 Å². The Balaban J connectivity index is 2.70. The zero-order valence-electron chi connectivity index (χ0n) is 7.37. The molecular weight excluding hydrogens is 186 g/mol. The molecular formula is C8H9N3OS. The molecule has 68 valence electrons. The predicted octanol–water partition coefficient (Wildman–Crippen LogP) is 1.74. The molecule has 2 heterocycles. The van der Waals surface area contributed by atoms with Crippen LogP contribution in [-0.4, -0.2) is 24.1 Å². The number of nitrogens with zero attached hydrogens (tertiary/aromatic N) is 2. The molecule has 13 heavy (non-hydrogen) atoms. The Morgan fingerprint density at radius 2 is 2.31 bits per heavy atom. The second-order valence-electron chi connectivity index (χ2n) is 2.44. The van der Waals surface area contributed by atoms with E-state index in [2.05, 4.69) is 15.3 Å². The van der Waals surface area contributed by atoms with Crippen LogP contribution < -0.4 is 10.1 Å². The molecule has 2 rings (SSSR count). The lowest BCUT2D eigenvalue weighted by Gasteiger charge is -2.02. The van der Waals surface area contributed by atoms with Gasteiger partial charge in [0.05, 0.1) is 12.6 Å². The van der Waals surface area contributed by atoms with Crippen molar-refractivity contribution < 1.29 is 4.74 Å². The van der Waals surface area contributed by atoms with Gasteiger partial charge in [-0.05, 0) is 11.4 Å². The van der Waals surface area contributed by atoms with Gasteiger partial charge in [-0.1, -0.05) is 0 Å². The number of hydrogen-bond acceptors (Lipinski definition) is 5. The van der Waals surface area contributed by atoms with E-state index in [1.807, 2.05) is 11.4 Å². The van der Waals surface area contributed by atoms with Gasteiger partial charge in [0.2, 0.25) is 11.8 Å². The summed E-state index contributed by atoms with van der Waals surface area (Å²) in [7, 11) is 3.40. The van der Waals surface area contributed by atoms with Crippen molar-refractivity contribution in [2.45, 2.75) is 0 Å². The zero-order valence-corrected chi connectivity index (χ0v) is 8.18. The maximum Gasteiger partial charge on any atom is 0.236 e. The van der Waals surface area contributed by atoms with Gasteiger partial charge in [-0.15, -0.1) is 11.3 Å². The lowest BCUT2D eigenvalue weighted by molar-refractivity contribution is 0.404. The quantitative estimate of drug-likeness (QED) is 0.793. The molecule has 0 spiro atoms. The van der Waals surface area contributed by atoms with E-state index in [4.69, 9.17) is 4.74 Å². The first-order valence-electron chi connectivity index (χ1n) is 3.82. The van der Waals surface area contributed by atoms with Crippen molar-refractivity contribution in [2.24, 2.45) is 0 Å². The first-order chi connectivity index (χ1) is 6.35. The molecule has 0 aliphatic rings. The summed E-state index contributed by atoms with van der Waals surface area (Å²) < 4.78 is 6.14. The minimum Gasteiger partial charge on any atom is -0.480 e. The molecule has 0 aromatic carbocycles. The number of ether oxygens (including phenoxy) is 1. The standard InChI is InChI=1S/C8H9N3OS/c1-9-8-10-5-3-4-13-6(5)7(11-8)12-2/h3-4H,1-2H3,(H,9,10,11). The largest absolute Gasteiger partial charge is 0.480 e. The molecule has 0 amide bonds. The van der Waals surface area contributed by atoms with Crippen LogP contribution in [0.1, 0.15) is 0 Å². The summed E-state index contributed by atoms with van der Waals surface area (Å²) >= 11 is 1.58. The molecule has 1 N–H and O–H groups in total. The molecule has 0 atom stereocenters. The van der Waals surface area contributed by atoms with E-state index >= 15 is 0 Å². The Labute approximate surface area is 79.6 Å². The summed E-state index contributed by atoms with van der Waals surface area (Å²) in [4.78, 5) is 8.45. The van der Waals surface area contributed by atoms with Crippen molar-refractivity contribution in [1.82, 2.24) is 9.97 Å². The second-order valence-corrected chi connectivity index (χ2v) is 3.36. The highest BCUT2D eigenvalue weighted by molar-refractivity contribution is 7.17. The summed E-state index contributed by atoms with van der Waals surface area (Å²) in [6.45, 7) is 0. The van der Waals surface area contributed by atoms with Crippen molar-refractivity contribution in [1.29, 1.82) is 0 Å². The fourth-order valence-corrected chi connectivity index (χ4v) is 1.88. The molecule has 0 saturated heterocycles. The molecule has 4 nitrogen and oxygen atoms in total. The Bertz CT molecular complexity index is 426. The maximum absolute atomic E-state index is 5.15. The summed E-state index contributed by atoms with van der Waals surface area (Å²) in [5.41, 5.74) is 0.918. The number of thiophene rings is 1. The molecule has 0 aliphatic heterocycles. The Morgan fingerprint density at radius 1 is 1.46 bits per heavy atom. The smallest absolute Gasteiger partial charge is 0.236 e. The molecule has 2 aromatic rings. The van der Waals surface area contributed by atoms with Crippen molar-refractivity contribution in [3.05, 3.63) is 11.4 Å².